The third-order valence-corrected chi connectivity index (χ3v) is 2.38. The Kier molecular flexibility index (Phi) is 3.63. The molecule has 9 nitrogen and oxygen atoms in total. The first kappa shape index (κ1) is 12.2. The Morgan fingerprint density at radius 1 is 1.50 bits per heavy atom. The van der Waals surface area contributed by atoms with Crippen molar-refractivity contribution in [2.45, 2.75) is 6.04 Å². The number of anilines is 1. The third-order valence-electron chi connectivity index (χ3n) is 2.38. The predicted molar refractivity (Wildman–Crippen MR) is 57.8 cm³/mol. The summed E-state index contributed by atoms with van der Waals surface area (Å²) in [6, 6.07) is -1.59. The van der Waals surface area contributed by atoms with E-state index >= 15 is 0 Å². The van der Waals surface area contributed by atoms with Crippen LogP contribution in [0.3, 0.4) is 0 Å². The van der Waals surface area contributed by atoms with Gasteiger partial charge in [-0.3, -0.25) is 5.32 Å². The molecule has 1 fully saturated rings. The summed E-state index contributed by atoms with van der Waals surface area (Å²) in [7, 11) is 0. The highest BCUT2D eigenvalue weighted by Gasteiger charge is 2.33. The highest BCUT2D eigenvalue weighted by molar-refractivity contribution is 5.91. The van der Waals surface area contributed by atoms with E-state index in [2.05, 4.69) is 20.5 Å². The molecule has 96 valence electrons. The lowest BCUT2D eigenvalue weighted by Gasteiger charge is -2.32. The standard InChI is InChI=1S/C9H11N5O4/c15-7(16)6-5-18-4-3-14(6)9(17)12-8-10-1-2-11-13-8/h1-2,6H,3-5H2,(H,15,16)(H,10,12,13,17). The molecule has 1 unspecified atom stereocenters. The maximum Gasteiger partial charge on any atom is 0.328 e. The van der Waals surface area contributed by atoms with Gasteiger partial charge in [0.05, 0.1) is 25.6 Å². The number of urea groups is 1. The number of carbonyl (C=O) groups excluding carboxylic acids is 1. The van der Waals surface area contributed by atoms with Gasteiger partial charge in [-0.15, -0.1) is 5.10 Å². The summed E-state index contributed by atoms with van der Waals surface area (Å²) in [6.45, 7) is 0.463. The van der Waals surface area contributed by atoms with E-state index in [0.717, 1.165) is 0 Å². The number of carboxylic acids is 1. The van der Waals surface area contributed by atoms with E-state index in [1.165, 1.54) is 17.3 Å². The van der Waals surface area contributed by atoms with E-state index in [0.29, 0.717) is 6.61 Å². The lowest BCUT2D eigenvalue weighted by atomic mass is 10.2. The van der Waals surface area contributed by atoms with Crippen molar-refractivity contribution in [2.75, 3.05) is 25.1 Å². The molecule has 1 aromatic heterocycles. The first-order valence-corrected chi connectivity index (χ1v) is 5.20. The fourth-order valence-electron chi connectivity index (χ4n) is 1.52. The van der Waals surface area contributed by atoms with Gasteiger partial charge in [0.25, 0.3) is 5.95 Å². The molecular formula is C9H11N5O4. The van der Waals surface area contributed by atoms with Gasteiger partial charge >= 0.3 is 12.0 Å². The number of aromatic nitrogens is 3. The van der Waals surface area contributed by atoms with Gasteiger partial charge in [-0.05, 0) is 0 Å². The normalized spacial score (nSPS) is 19.3. The maximum atomic E-state index is 11.9. The second-order valence-electron chi connectivity index (χ2n) is 3.52. The number of rotatable bonds is 2. The molecule has 9 heteroatoms. The molecule has 2 amide bonds. The summed E-state index contributed by atoms with van der Waals surface area (Å²) >= 11 is 0. The summed E-state index contributed by atoms with van der Waals surface area (Å²) in [5.41, 5.74) is 0. The minimum absolute atomic E-state index is 0.0260. The monoisotopic (exact) mass is 253 g/mol. The smallest absolute Gasteiger partial charge is 0.328 e. The number of nitrogens with one attached hydrogen (secondary N) is 1. The second kappa shape index (κ2) is 5.36. The van der Waals surface area contributed by atoms with Crippen molar-refractivity contribution in [1.29, 1.82) is 0 Å². The molecular weight excluding hydrogens is 242 g/mol. The number of nitrogens with zero attached hydrogens (tertiary/aromatic N) is 4. The fourth-order valence-corrected chi connectivity index (χ4v) is 1.52. The number of carboxylic acid groups (broad SMARTS) is 1. The highest BCUT2D eigenvalue weighted by Crippen LogP contribution is 2.09. The fraction of sp³-hybridized carbons (Fsp3) is 0.444. The van der Waals surface area contributed by atoms with E-state index < -0.39 is 18.0 Å². The average Bonchev–Trinajstić information content (AvgIpc) is 2.40. The lowest BCUT2D eigenvalue weighted by molar-refractivity contribution is -0.147. The van der Waals surface area contributed by atoms with Crippen molar-refractivity contribution in [3.05, 3.63) is 12.4 Å². The Bertz CT molecular complexity index is 440. The number of amides is 2. The van der Waals surface area contributed by atoms with Crippen LogP contribution in [0.2, 0.25) is 0 Å². The zero-order valence-corrected chi connectivity index (χ0v) is 9.31. The molecule has 0 bridgehead atoms. The topological polar surface area (TPSA) is 118 Å². The zero-order chi connectivity index (χ0) is 13.0. The first-order valence-electron chi connectivity index (χ1n) is 5.20. The lowest BCUT2D eigenvalue weighted by Crippen LogP contribution is -2.54. The Morgan fingerprint density at radius 3 is 3.00 bits per heavy atom. The Labute approximate surface area is 102 Å². The number of hydrogen-bond donors (Lipinski definition) is 2. The van der Waals surface area contributed by atoms with Crippen LogP contribution < -0.4 is 5.32 Å². The van der Waals surface area contributed by atoms with Crippen molar-refractivity contribution < 1.29 is 19.4 Å². The molecule has 2 heterocycles. The molecule has 2 N–H and O–H groups in total. The van der Waals surface area contributed by atoms with Gasteiger partial charge < -0.3 is 14.7 Å². The molecule has 1 atom stereocenters. The number of morpholine rings is 1. The van der Waals surface area contributed by atoms with Gasteiger partial charge in [0.1, 0.15) is 0 Å². The summed E-state index contributed by atoms with van der Waals surface area (Å²) in [5, 5.41) is 18.5. The summed E-state index contributed by atoms with van der Waals surface area (Å²) in [5.74, 6) is -1.09. The molecule has 18 heavy (non-hydrogen) atoms. The van der Waals surface area contributed by atoms with Crippen LogP contribution in [0.5, 0.6) is 0 Å². The van der Waals surface area contributed by atoms with Crippen LogP contribution in [0.1, 0.15) is 0 Å². The maximum absolute atomic E-state index is 11.9. The van der Waals surface area contributed by atoms with Crippen molar-refractivity contribution in [3.8, 4) is 0 Å². The molecule has 0 aromatic carbocycles. The molecule has 1 aromatic rings. The van der Waals surface area contributed by atoms with Gasteiger partial charge in [0, 0.05) is 6.54 Å². The van der Waals surface area contributed by atoms with Crippen molar-refractivity contribution >= 4 is 17.9 Å². The molecule has 1 aliphatic rings. The molecule has 2 rings (SSSR count). The number of carbonyl (C=O) groups is 2. The number of aliphatic carboxylic acids is 1. The highest BCUT2D eigenvalue weighted by atomic mass is 16.5. The molecule has 1 saturated heterocycles. The first-order chi connectivity index (χ1) is 8.68. The largest absolute Gasteiger partial charge is 0.480 e. The van der Waals surface area contributed by atoms with Gasteiger partial charge in [-0.2, -0.15) is 5.10 Å². The van der Waals surface area contributed by atoms with Gasteiger partial charge in [-0.25, -0.2) is 14.6 Å². The summed E-state index contributed by atoms with van der Waals surface area (Å²) < 4.78 is 5.03. The molecule has 0 aliphatic carbocycles. The Hall–Kier alpha value is -2.29. The predicted octanol–water partition coefficient (Wildman–Crippen LogP) is -0.811. The van der Waals surface area contributed by atoms with Crippen LogP contribution in [0.15, 0.2) is 12.4 Å². The van der Waals surface area contributed by atoms with Crippen LogP contribution >= 0.6 is 0 Å². The average molecular weight is 253 g/mol. The molecule has 0 saturated carbocycles. The van der Waals surface area contributed by atoms with E-state index in [4.69, 9.17) is 9.84 Å². The van der Waals surface area contributed by atoms with Crippen LogP contribution in [0.4, 0.5) is 10.7 Å². The van der Waals surface area contributed by atoms with Crippen molar-refractivity contribution in [2.24, 2.45) is 0 Å². The van der Waals surface area contributed by atoms with Crippen molar-refractivity contribution in [1.82, 2.24) is 20.1 Å². The van der Waals surface area contributed by atoms with E-state index in [-0.39, 0.29) is 19.1 Å². The molecule has 0 radical (unpaired) electrons. The van der Waals surface area contributed by atoms with Crippen LogP contribution in [-0.2, 0) is 9.53 Å². The van der Waals surface area contributed by atoms with E-state index in [1.54, 1.807) is 0 Å². The van der Waals surface area contributed by atoms with Crippen LogP contribution in [-0.4, -0.2) is 63.0 Å². The SMILES string of the molecule is O=C(O)C1COCCN1C(=O)Nc1nccnn1. The third kappa shape index (κ3) is 2.69. The summed E-state index contributed by atoms with van der Waals surface area (Å²) in [4.78, 5) is 27.8. The quantitative estimate of drug-likeness (QED) is 0.707. The number of ether oxygens (including phenoxy) is 1. The molecule has 0 spiro atoms. The van der Waals surface area contributed by atoms with E-state index in [9.17, 15) is 9.59 Å². The number of hydrogen-bond acceptors (Lipinski definition) is 6. The zero-order valence-electron chi connectivity index (χ0n) is 9.31. The van der Waals surface area contributed by atoms with E-state index in [1.807, 2.05) is 0 Å². The van der Waals surface area contributed by atoms with Gasteiger partial charge in [0.15, 0.2) is 6.04 Å². The summed E-state index contributed by atoms with van der Waals surface area (Å²) in [6.07, 6.45) is 2.74. The van der Waals surface area contributed by atoms with Crippen LogP contribution in [0, 0.1) is 0 Å². The minimum atomic E-state index is -1.11. The van der Waals surface area contributed by atoms with Gasteiger partial charge in [-0.1, -0.05) is 0 Å². The van der Waals surface area contributed by atoms with Crippen molar-refractivity contribution in [3.63, 3.8) is 0 Å². The van der Waals surface area contributed by atoms with Crippen LogP contribution in [0.25, 0.3) is 0 Å². The second-order valence-corrected chi connectivity index (χ2v) is 3.52. The molecule has 1 aliphatic heterocycles. The van der Waals surface area contributed by atoms with Gasteiger partial charge in [0.2, 0.25) is 0 Å². The Balaban J connectivity index is 2.05. The minimum Gasteiger partial charge on any atom is -0.480 e. The Morgan fingerprint density at radius 2 is 2.33 bits per heavy atom.